The third kappa shape index (κ3) is 5.02. The van der Waals surface area contributed by atoms with Crippen molar-refractivity contribution in [2.75, 3.05) is 19.3 Å². The molecular weight excluding hydrogens is 366 g/mol. The van der Waals surface area contributed by atoms with Crippen LogP contribution in [0.4, 0.5) is 0 Å². The van der Waals surface area contributed by atoms with E-state index in [4.69, 9.17) is 12.2 Å². The van der Waals surface area contributed by atoms with Gasteiger partial charge in [0.25, 0.3) is 0 Å². The molecule has 1 fully saturated rings. The maximum atomic E-state index is 12.1. The highest BCUT2D eigenvalue weighted by atomic mass is 32.2. The zero-order valence-electron chi connectivity index (χ0n) is 15.8. The summed E-state index contributed by atoms with van der Waals surface area (Å²) in [6, 6.07) is 4.05. The van der Waals surface area contributed by atoms with Gasteiger partial charge >= 0.3 is 0 Å². The predicted molar refractivity (Wildman–Crippen MR) is 111 cm³/mol. The Kier molecular flexibility index (Phi) is 7.98. The molecule has 1 aliphatic rings. The molecule has 5 nitrogen and oxygen atoms in total. The van der Waals surface area contributed by atoms with Gasteiger partial charge in [0.05, 0.1) is 10.7 Å². The molecule has 26 heavy (non-hydrogen) atoms. The lowest BCUT2D eigenvalue weighted by Crippen LogP contribution is -2.50. The largest absolute Gasteiger partial charge is 0.382 e. The van der Waals surface area contributed by atoms with Crippen molar-refractivity contribution in [2.45, 2.75) is 57.3 Å². The molecule has 0 radical (unpaired) electrons. The average molecular weight is 398 g/mol. The van der Waals surface area contributed by atoms with Crippen LogP contribution in [0.25, 0.3) is 0 Å². The molecule has 2 atom stereocenters. The molecule has 1 aliphatic carbocycles. The second-order valence-corrected chi connectivity index (χ2v) is 9.42. The maximum Gasteiger partial charge on any atom is 0.211 e. The Morgan fingerprint density at radius 1 is 1.42 bits per heavy atom. The van der Waals surface area contributed by atoms with Crippen LogP contribution in [-0.4, -0.2) is 37.7 Å². The SMILES string of the molecule is CCCCS(=O)(=O)NCC[C@@H]1CCCC[C@]1(C(=S)NC)c1cccnc1. The zero-order chi connectivity index (χ0) is 19.0. The van der Waals surface area contributed by atoms with Crippen LogP contribution in [0.15, 0.2) is 24.5 Å². The summed E-state index contributed by atoms with van der Waals surface area (Å²) in [6.45, 7) is 2.46. The molecule has 0 bridgehead atoms. The van der Waals surface area contributed by atoms with Gasteiger partial charge < -0.3 is 5.32 Å². The number of sulfonamides is 1. The second-order valence-electron chi connectivity index (χ2n) is 7.09. The van der Waals surface area contributed by atoms with Gasteiger partial charge in [-0.1, -0.05) is 44.5 Å². The number of nitrogens with one attached hydrogen (secondary N) is 2. The highest BCUT2D eigenvalue weighted by Gasteiger charge is 2.45. The number of hydrogen-bond donors (Lipinski definition) is 2. The minimum Gasteiger partial charge on any atom is -0.382 e. The first-order chi connectivity index (χ1) is 12.5. The molecule has 0 aliphatic heterocycles. The van der Waals surface area contributed by atoms with Crippen molar-refractivity contribution < 1.29 is 8.42 Å². The molecule has 1 aromatic rings. The predicted octanol–water partition coefficient (Wildman–Crippen LogP) is 3.17. The lowest BCUT2D eigenvalue weighted by molar-refractivity contribution is 0.239. The summed E-state index contributed by atoms with van der Waals surface area (Å²) in [5, 5.41) is 3.20. The third-order valence-electron chi connectivity index (χ3n) is 5.46. The zero-order valence-corrected chi connectivity index (χ0v) is 17.5. The average Bonchev–Trinajstić information content (AvgIpc) is 2.66. The molecule has 2 rings (SSSR count). The summed E-state index contributed by atoms with van der Waals surface area (Å²) in [4.78, 5) is 5.15. The number of hydrogen-bond acceptors (Lipinski definition) is 4. The first-order valence-corrected chi connectivity index (χ1v) is 11.6. The molecule has 1 saturated carbocycles. The van der Waals surface area contributed by atoms with Gasteiger partial charge in [-0.3, -0.25) is 4.98 Å². The molecule has 7 heteroatoms. The molecule has 0 unspecified atom stereocenters. The number of unbranched alkanes of at least 4 members (excludes halogenated alkanes) is 1. The Hall–Kier alpha value is -1.05. The number of aromatic nitrogens is 1. The van der Waals surface area contributed by atoms with E-state index in [-0.39, 0.29) is 11.2 Å². The fourth-order valence-corrected chi connectivity index (χ4v) is 5.72. The number of rotatable bonds is 9. The first-order valence-electron chi connectivity index (χ1n) is 9.56. The topological polar surface area (TPSA) is 71.1 Å². The van der Waals surface area contributed by atoms with Gasteiger partial charge in [-0.15, -0.1) is 0 Å². The van der Waals surface area contributed by atoms with E-state index >= 15 is 0 Å². The number of thiocarbonyl (C=S) groups is 1. The van der Waals surface area contributed by atoms with Crippen molar-refractivity contribution >= 4 is 27.2 Å². The molecule has 1 heterocycles. The van der Waals surface area contributed by atoms with Crippen molar-refractivity contribution in [3.63, 3.8) is 0 Å². The first kappa shape index (κ1) is 21.3. The maximum absolute atomic E-state index is 12.1. The highest BCUT2D eigenvalue weighted by Crippen LogP contribution is 2.46. The molecule has 0 spiro atoms. The fraction of sp³-hybridized carbons (Fsp3) is 0.684. The molecule has 0 aromatic carbocycles. The standard InChI is InChI=1S/C19H31N3O2S2/c1-3-4-14-26(23,24)22-13-10-16-8-5-6-11-19(16,18(25)20-2)17-9-7-12-21-15-17/h7,9,12,15-16,22H,3-6,8,10-11,13-14H2,1-2H3,(H,20,25)/t16-,19+/m0/s1. The summed E-state index contributed by atoms with van der Waals surface area (Å²) in [5.74, 6) is 0.505. The van der Waals surface area contributed by atoms with Crippen molar-refractivity contribution in [1.82, 2.24) is 15.0 Å². The quantitative estimate of drug-likeness (QED) is 0.626. The van der Waals surface area contributed by atoms with Crippen molar-refractivity contribution in [3.05, 3.63) is 30.1 Å². The Morgan fingerprint density at radius 2 is 2.23 bits per heavy atom. The minimum absolute atomic E-state index is 0.205. The normalized spacial score (nSPS) is 23.5. The van der Waals surface area contributed by atoms with E-state index in [0.717, 1.165) is 49.1 Å². The van der Waals surface area contributed by atoms with Crippen LogP contribution >= 0.6 is 12.2 Å². The van der Waals surface area contributed by atoms with Crippen LogP contribution in [-0.2, 0) is 15.4 Å². The molecule has 2 N–H and O–H groups in total. The van der Waals surface area contributed by atoms with Gasteiger partial charge in [0.15, 0.2) is 0 Å². The molecule has 146 valence electrons. The Bertz CT molecular complexity index is 679. The lowest BCUT2D eigenvalue weighted by Gasteiger charge is -2.45. The lowest BCUT2D eigenvalue weighted by atomic mass is 9.61. The van der Waals surface area contributed by atoms with E-state index < -0.39 is 10.0 Å². The van der Waals surface area contributed by atoms with Gasteiger partial charge in [-0.25, -0.2) is 13.1 Å². The third-order valence-corrected chi connectivity index (χ3v) is 7.50. The van der Waals surface area contributed by atoms with Crippen molar-refractivity contribution in [1.29, 1.82) is 0 Å². The smallest absolute Gasteiger partial charge is 0.211 e. The minimum atomic E-state index is -3.18. The van der Waals surface area contributed by atoms with Crippen LogP contribution < -0.4 is 10.0 Å². The van der Waals surface area contributed by atoms with Crippen molar-refractivity contribution in [3.8, 4) is 0 Å². The van der Waals surface area contributed by atoms with E-state index in [9.17, 15) is 8.42 Å². The van der Waals surface area contributed by atoms with E-state index in [1.54, 1.807) is 6.20 Å². The monoisotopic (exact) mass is 397 g/mol. The summed E-state index contributed by atoms with van der Waals surface area (Å²) < 4.78 is 27.0. The summed E-state index contributed by atoms with van der Waals surface area (Å²) in [5.41, 5.74) is 0.878. The summed E-state index contributed by atoms with van der Waals surface area (Å²) in [6.07, 6.45) is 10.3. The van der Waals surface area contributed by atoms with E-state index in [1.807, 2.05) is 26.2 Å². The summed E-state index contributed by atoms with van der Waals surface area (Å²) >= 11 is 5.75. The highest BCUT2D eigenvalue weighted by molar-refractivity contribution is 7.89. The number of pyridine rings is 1. The van der Waals surface area contributed by atoms with Gasteiger partial charge in [0, 0.05) is 31.4 Å². The Morgan fingerprint density at radius 3 is 2.88 bits per heavy atom. The van der Waals surface area contributed by atoms with Crippen molar-refractivity contribution in [2.24, 2.45) is 5.92 Å². The van der Waals surface area contributed by atoms with Gasteiger partial charge in [-0.05, 0) is 43.2 Å². The van der Waals surface area contributed by atoms with E-state index in [0.29, 0.717) is 18.9 Å². The van der Waals surface area contributed by atoms with E-state index in [1.165, 1.54) is 0 Å². The Labute approximate surface area is 163 Å². The second kappa shape index (κ2) is 9.76. The molecular formula is C19H31N3O2S2. The van der Waals surface area contributed by atoms with E-state index in [2.05, 4.69) is 21.1 Å². The van der Waals surface area contributed by atoms with Crippen LogP contribution in [0.2, 0.25) is 0 Å². The van der Waals surface area contributed by atoms with Crippen LogP contribution in [0, 0.1) is 5.92 Å². The molecule has 0 saturated heterocycles. The van der Waals surface area contributed by atoms with Gasteiger partial charge in [0.1, 0.15) is 0 Å². The van der Waals surface area contributed by atoms with Gasteiger partial charge in [-0.2, -0.15) is 0 Å². The number of nitrogens with zero attached hydrogens (tertiary/aromatic N) is 1. The molecule has 1 aromatic heterocycles. The van der Waals surface area contributed by atoms with Crippen LogP contribution in [0.5, 0.6) is 0 Å². The van der Waals surface area contributed by atoms with Crippen LogP contribution in [0.1, 0.15) is 57.4 Å². The summed E-state index contributed by atoms with van der Waals surface area (Å²) in [7, 11) is -1.31. The van der Waals surface area contributed by atoms with Crippen LogP contribution in [0.3, 0.4) is 0 Å². The Balaban J connectivity index is 2.17. The number of likely N-dealkylation sites (N-methyl/N-ethyl adjacent to an activating group) is 1. The van der Waals surface area contributed by atoms with Gasteiger partial charge in [0.2, 0.25) is 10.0 Å². The molecule has 0 amide bonds. The fourth-order valence-electron chi connectivity index (χ4n) is 4.09.